The fourth-order valence-corrected chi connectivity index (χ4v) is 4.30. The maximum absolute atomic E-state index is 12.3. The van der Waals surface area contributed by atoms with Gasteiger partial charge in [0.25, 0.3) is 0 Å². The predicted octanol–water partition coefficient (Wildman–Crippen LogP) is 1.98. The van der Waals surface area contributed by atoms with Gasteiger partial charge in [0.15, 0.2) is 0 Å². The van der Waals surface area contributed by atoms with Crippen LogP contribution in [0.15, 0.2) is 54.6 Å². The number of benzene rings is 2. The summed E-state index contributed by atoms with van der Waals surface area (Å²) in [6, 6.07) is 19.3. The van der Waals surface area contributed by atoms with Crippen molar-refractivity contribution >= 4 is 5.91 Å². The van der Waals surface area contributed by atoms with Crippen molar-refractivity contribution in [2.45, 2.75) is 19.5 Å². The molecule has 0 aromatic heterocycles. The molecule has 2 aromatic rings. The van der Waals surface area contributed by atoms with Crippen LogP contribution in [0.4, 0.5) is 0 Å². The van der Waals surface area contributed by atoms with E-state index in [0.717, 1.165) is 65.3 Å². The number of amides is 1. The van der Waals surface area contributed by atoms with Gasteiger partial charge in [0, 0.05) is 58.9 Å². The first-order valence-corrected chi connectivity index (χ1v) is 10.8. The lowest BCUT2D eigenvalue weighted by molar-refractivity contribution is -0.122. The van der Waals surface area contributed by atoms with Gasteiger partial charge < -0.3 is 5.32 Å². The number of carbonyl (C=O) groups is 1. The number of rotatable bonds is 7. The molecule has 2 heterocycles. The Bertz CT molecular complexity index is 786. The molecular formula is C24H32N4O. The maximum atomic E-state index is 12.3. The van der Waals surface area contributed by atoms with Gasteiger partial charge in [-0.25, -0.2) is 0 Å². The molecule has 5 nitrogen and oxygen atoms in total. The van der Waals surface area contributed by atoms with Crippen LogP contribution in [-0.2, 0) is 24.3 Å². The van der Waals surface area contributed by atoms with Gasteiger partial charge in [0.2, 0.25) is 5.91 Å². The molecule has 29 heavy (non-hydrogen) atoms. The van der Waals surface area contributed by atoms with Crippen molar-refractivity contribution in [1.82, 2.24) is 20.0 Å². The van der Waals surface area contributed by atoms with Gasteiger partial charge >= 0.3 is 0 Å². The quantitative estimate of drug-likeness (QED) is 0.782. The molecule has 0 bridgehead atoms. The number of nitrogens with one attached hydrogen (secondary N) is 1. The molecule has 5 heteroatoms. The van der Waals surface area contributed by atoms with Gasteiger partial charge in [-0.2, -0.15) is 0 Å². The molecule has 1 amide bonds. The molecule has 0 unspecified atom stereocenters. The van der Waals surface area contributed by atoms with Crippen LogP contribution < -0.4 is 5.32 Å². The van der Waals surface area contributed by atoms with Crippen molar-refractivity contribution in [2.75, 3.05) is 52.4 Å². The molecule has 4 rings (SSSR count). The highest BCUT2D eigenvalue weighted by Gasteiger charge is 2.19. The molecule has 0 radical (unpaired) electrons. The fraction of sp³-hybridized carbons (Fsp3) is 0.458. The summed E-state index contributed by atoms with van der Waals surface area (Å²) in [5.74, 6) is 0.152. The lowest BCUT2D eigenvalue weighted by Gasteiger charge is -2.34. The van der Waals surface area contributed by atoms with Gasteiger partial charge in [0.1, 0.15) is 0 Å². The molecule has 2 aliphatic rings. The van der Waals surface area contributed by atoms with E-state index in [1.165, 1.54) is 16.7 Å². The largest absolute Gasteiger partial charge is 0.354 e. The summed E-state index contributed by atoms with van der Waals surface area (Å²) in [6.45, 7) is 9.21. The number of hydrogen-bond donors (Lipinski definition) is 1. The van der Waals surface area contributed by atoms with E-state index < -0.39 is 0 Å². The van der Waals surface area contributed by atoms with E-state index in [2.05, 4.69) is 74.6 Å². The van der Waals surface area contributed by atoms with Crippen LogP contribution in [0, 0.1) is 0 Å². The van der Waals surface area contributed by atoms with Crippen molar-refractivity contribution in [1.29, 1.82) is 0 Å². The second-order valence-electron chi connectivity index (χ2n) is 8.18. The standard InChI is InChI=1S/C24H32N4O/c29-24(25-11-13-26-12-10-22-8-4-5-9-23(22)19-26)20-28-16-14-27(15-17-28)18-21-6-2-1-3-7-21/h1-9H,10-20H2,(H,25,29). The molecule has 2 aromatic carbocycles. The number of fused-ring (bicyclic) bond motifs is 1. The Labute approximate surface area is 174 Å². The van der Waals surface area contributed by atoms with Crippen LogP contribution in [0.25, 0.3) is 0 Å². The summed E-state index contributed by atoms with van der Waals surface area (Å²) < 4.78 is 0. The first-order chi connectivity index (χ1) is 14.3. The average molecular weight is 393 g/mol. The van der Waals surface area contributed by atoms with Crippen LogP contribution in [0.5, 0.6) is 0 Å². The van der Waals surface area contributed by atoms with Gasteiger partial charge in [0.05, 0.1) is 6.54 Å². The fourth-order valence-electron chi connectivity index (χ4n) is 4.30. The lowest BCUT2D eigenvalue weighted by Crippen LogP contribution is -2.49. The maximum Gasteiger partial charge on any atom is 0.234 e. The summed E-state index contributed by atoms with van der Waals surface area (Å²) >= 11 is 0. The monoisotopic (exact) mass is 392 g/mol. The van der Waals surface area contributed by atoms with Crippen LogP contribution >= 0.6 is 0 Å². The third-order valence-electron chi connectivity index (χ3n) is 6.04. The molecule has 0 atom stereocenters. The Morgan fingerprint density at radius 2 is 1.48 bits per heavy atom. The summed E-state index contributed by atoms with van der Waals surface area (Å²) in [5, 5.41) is 3.12. The Morgan fingerprint density at radius 3 is 2.28 bits per heavy atom. The van der Waals surface area contributed by atoms with Crippen LogP contribution in [0.3, 0.4) is 0 Å². The molecule has 0 aliphatic carbocycles. The molecule has 0 saturated carbocycles. The number of piperazine rings is 1. The topological polar surface area (TPSA) is 38.8 Å². The average Bonchev–Trinajstić information content (AvgIpc) is 2.76. The van der Waals surface area contributed by atoms with Crippen molar-refractivity contribution in [2.24, 2.45) is 0 Å². The Morgan fingerprint density at radius 1 is 0.793 bits per heavy atom. The van der Waals surface area contributed by atoms with Crippen LogP contribution in [-0.4, -0.2) is 73.0 Å². The lowest BCUT2D eigenvalue weighted by atomic mass is 10.00. The summed E-state index contributed by atoms with van der Waals surface area (Å²) in [5.41, 5.74) is 4.26. The van der Waals surface area contributed by atoms with Crippen molar-refractivity contribution in [3.63, 3.8) is 0 Å². The van der Waals surface area contributed by atoms with E-state index in [1.54, 1.807) is 0 Å². The van der Waals surface area contributed by atoms with E-state index in [1.807, 2.05) is 0 Å². The molecule has 0 spiro atoms. The first kappa shape index (κ1) is 20.1. The minimum Gasteiger partial charge on any atom is -0.354 e. The van der Waals surface area contributed by atoms with E-state index >= 15 is 0 Å². The minimum absolute atomic E-state index is 0.152. The zero-order valence-electron chi connectivity index (χ0n) is 17.2. The van der Waals surface area contributed by atoms with Crippen molar-refractivity contribution in [3.8, 4) is 0 Å². The van der Waals surface area contributed by atoms with Gasteiger partial charge in [-0.15, -0.1) is 0 Å². The molecule has 1 N–H and O–H groups in total. The van der Waals surface area contributed by atoms with Gasteiger partial charge in [-0.05, 0) is 23.1 Å². The number of hydrogen-bond acceptors (Lipinski definition) is 4. The second-order valence-corrected chi connectivity index (χ2v) is 8.18. The van der Waals surface area contributed by atoms with Crippen molar-refractivity contribution < 1.29 is 4.79 Å². The molecule has 1 saturated heterocycles. The Kier molecular flexibility index (Phi) is 6.93. The highest BCUT2D eigenvalue weighted by molar-refractivity contribution is 5.78. The summed E-state index contributed by atoms with van der Waals surface area (Å²) in [7, 11) is 0. The smallest absolute Gasteiger partial charge is 0.234 e. The Balaban J connectivity index is 1.11. The van der Waals surface area contributed by atoms with Crippen LogP contribution in [0.1, 0.15) is 16.7 Å². The number of nitrogens with zero attached hydrogens (tertiary/aromatic N) is 3. The second kappa shape index (κ2) is 10.0. The number of carbonyl (C=O) groups excluding carboxylic acids is 1. The summed E-state index contributed by atoms with van der Waals surface area (Å²) in [4.78, 5) is 19.5. The van der Waals surface area contributed by atoms with Gasteiger partial charge in [-0.1, -0.05) is 54.6 Å². The highest BCUT2D eigenvalue weighted by Crippen LogP contribution is 2.17. The highest BCUT2D eigenvalue weighted by atomic mass is 16.2. The zero-order valence-corrected chi connectivity index (χ0v) is 17.2. The third kappa shape index (κ3) is 5.89. The molecule has 2 aliphatic heterocycles. The van der Waals surface area contributed by atoms with E-state index in [4.69, 9.17) is 0 Å². The van der Waals surface area contributed by atoms with E-state index in [9.17, 15) is 4.79 Å². The summed E-state index contributed by atoms with van der Waals surface area (Å²) in [6.07, 6.45) is 1.11. The van der Waals surface area contributed by atoms with Gasteiger partial charge in [-0.3, -0.25) is 19.5 Å². The first-order valence-electron chi connectivity index (χ1n) is 10.8. The van der Waals surface area contributed by atoms with E-state index in [-0.39, 0.29) is 5.91 Å². The predicted molar refractivity (Wildman–Crippen MR) is 117 cm³/mol. The minimum atomic E-state index is 0.152. The molecule has 1 fully saturated rings. The molecule has 154 valence electrons. The van der Waals surface area contributed by atoms with Crippen LogP contribution in [0.2, 0.25) is 0 Å². The third-order valence-corrected chi connectivity index (χ3v) is 6.04. The van der Waals surface area contributed by atoms with E-state index in [0.29, 0.717) is 6.54 Å². The van der Waals surface area contributed by atoms with Crippen molar-refractivity contribution in [3.05, 3.63) is 71.3 Å². The zero-order chi connectivity index (χ0) is 19.9. The normalized spacial score (nSPS) is 18.3. The SMILES string of the molecule is O=C(CN1CCN(Cc2ccccc2)CC1)NCCN1CCc2ccccc2C1. The Hall–Kier alpha value is -2.21. The molecular weight excluding hydrogens is 360 g/mol.